The van der Waals surface area contributed by atoms with Gasteiger partial charge in [0.25, 0.3) is 0 Å². The number of hydrogen-bond donors (Lipinski definition) is 0. The van der Waals surface area contributed by atoms with E-state index in [9.17, 15) is 0 Å². The summed E-state index contributed by atoms with van der Waals surface area (Å²) >= 11 is 0. The van der Waals surface area contributed by atoms with Crippen LogP contribution in [0.15, 0.2) is 73.0 Å². The summed E-state index contributed by atoms with van der Waals surface area (Å²) in [6.07, 6.45) is 14.2. The Morgan fingerprint density at radius 2 is 2.05 bits per heavy atom. The van der Waals surface area contributed by atoms with Gasteiger partial charge in [0.2, 0.25) is 0 Å². The van der Waals surface area contributed by atoms with Gasteiger partial charge in [0.05, 0.1) is 6.04 Å². The molecule has 0 amide bonds. The van der Waals surface area contributed by atoms with E-state index in [2.05, 4.69) is 79.1 Å². The van der Waals surface area contributed by atoms with Crippen LogP contribution >= 0.6 is 0 Å². The van der Waals surface area contributed by atoms with E-state index in [1.807, 2.05) is 0 Å². The minimum absolute atomic E-state index is 0.372. The maximum atomic E-state index is 4.25. The number of rotatable bonds is 3. The van der Waals surface area contributed by atoms with E-state index in [1.165, 1.54) is 11.3 Å². The van der Waals surface area contributed by atoms with Crippen LogP contribution in [0.2, 0.25) is 0 Å². The smallest absolute Gasteiger partial charge is 0.0629 e. The molecule has 0 N–H and O–H groups in total. The molecule has 0 bridgehead atoms. The van der Waals surface area contributed by atoms with E-state index < -0.39 is 0 Å². The zero-order valence-corrected chi connectivity index (χ0v) is 11.3. The average Bonchev–Trinajstić information content (AvgIpc) is 2.79. The van der Waals surface area contributed by atoms with Crippen molar-refractivity contribution in [3.8, 4) is 0 Å². The van der Waals surface area contributed by atoms with E-state index in [1.54, 1.807) is 0 Å². The highest BCUT2D eigenvalue weighted by molar-refractivity contribution is 5.69. The third-order valence-corrected chi connectivity index (χ3v) is 3.81. The van der Waals surface area contributed by atoms with Crippen LogP contribution in [0, 0.1) is 0 Å². The Kier molecular flexibility index (Phi) is 3.12. The molecular weight excluding hydrogens is 230 g/mol. The second-order valence-electron chi connectivity index (χ2n) is 5.02. The van der Waals surface area contributed by atoms with Crippen molar-refractivity contribution in [3.05, 3.63) is 78.6 Å². The largest absolute Gasteiger partial charge is 0.334 e. The van der Waals surface area contributed by atoms with E-state index in [0.29, 0.717) is 12.0 Å². The van der Waals surface area contributed by atoms with Gasteiger partial charge in [0, 0.05) is 17.3 Å². The predicted octanol–water partition coefficient (Wildman–Crippen LogP) is 4.56. The molecule has 19 heavy (non-hydrogen) atoms. The van der Waals surface area contributed by atoms with Crippen molar-refractivity contribution in [2.75, 3.05) is 4.90 Å². The van der Waals surface area contributed by atoms with Crippen molar-refractivity contribution in [2.45, 2.75) is 25.3 Å². The third-order valence-electron chi connectivity index (χ3n) is 3.81. The van der Waals surface area contributed by atoms with Gasteiger partial charge in [0.15, 0.2) is 0 Å². The minimum Gasteiger partial charge on any atom is -0.334 e. The molecule has 1 aliphatic carbocycles. The van der Waals surface area contributed by atoms with Crippen molar-refractivity contribution in [1.29, 1.82) is 0 Å². The standard InChI is InChI=1S/C18H19N/c1-3-4-9-14(2)19-17-12-7-5-10-15(17)16-11-6-8-13-18(16)19/h4-13,15,17H,2-3H2,1H3/b9-4-. The quantitative estimate of drug-likeness (QED) is 0.709. The van der Waals surface area contributed by atoms with Crippen LogP contribution < -0.4 is 4.90 Å². The van der Waals surface area contributed by atoms with Gasteiger partial charge < -0.3 is 4.90 Å². The maximum Gasteiger partial charge on any atom is 0.0629 e. The van der Waals surface area contributed by atoms with Gasteiger partial charge in [-0.05, 0) is 24.1 Å². The van der Waals surface area contributed by atoms with Crippen LogP contribution in [0.4, 0.5) is 5.69 Å². The molecule has 1 aromatic rings. The SMILES string of the molecule is C=C(/C=C\CC)N1c2ccccc2C2C=CC=CC21. The molecule has 2 aliphatic rings. The van der Waals surface area contributed by atoms with Gasteiger partial charge >= 0.3 is 0 Å². The van der Waals surface area contributed by atoms with Crippen LogP contribution in [0.3, 0.4) is 0 Å². The lowest BCUT2D eigenvalue weighted by atomic mass is 9.91. The number of fused-ring (bicyclic) bond motifs is 3. The van der Waals surface area contributed by atoms with E-state index >= 15 is 0 Å². The van der Waals surface area contributed by atoms with E-state index in [-0.39, 0.29) is 0 Å². The van der Waals surface area contributed by atoms with Crippen molar-refractivity contribution < 1.29 is 0 Å². The topological polar surface area (TPSA) is 3.24 Å². The van der Waals surface area contributed by atoms with E-state index in [0.717, 1.165) is 12.1 Å². The van der Waals surface area contributed by atoms with Gasteiger partial charge in [-0.3, -0.25) is 0 Å². The Morgan fingerprint density at radius 1 is 1.26 bits per heavy atom. The second-order valence-corrected chi connectivity index (χ2v) is 5.02. The molecule has 1 aliphatic heterocycles. The van der Waals surface area contributed by atoms with Crippen LogP contribution in [-0.4, -0.2) is 6.04 Å². The maximum absolute atomic E-state index is 4.25. The fraction of sp³-hybridized carbons (Fsp3) is 0.222. The Labute approximate surface area is 115 Å². The molecule has 1 nitrogen and oxygen atoms in total. The lowest BCUT2D eigenvalue weighted by Crippen LogP contribution is -2.31. The second kappa shape index (κ2) is 4.93. The lowest BCUT2D eigenvalue weighted by Gasteiger charge is -2.28. The summed E-state index contributed by atoms with van der Waals surface area (Å²) < 4.78 is 0. The summed E-state index contributed by atoms with van der Waals surface area (Å²) in [5.74, 6) is 0.452. The molecule has 0 aromatic heterocycles. The summed E-state index contributed by atoms with van der Waals surface area (Å²) in [6, 6.07) is 9.02. The normalized spacial score (nSPS) is 23.7. The molecule has 0 spiro atoms. The predicted molar refractivity (Wildman–Crippen MR) is 82.3 cm³/mol. The Morgan fingerprint density at radius 3 is 2.89 bits per heavy atom. The summed E-state index contributed by atoms with van der Waals surface area (Å²) in [5, 5.41) is 0. The third kappa shape index (κ3) is 1.95. The van der Waals surface area contributed by atoms with E-state index in [4.69, 9.17) is 0 Å². The number of allylic oxidation sites excluding steroid dienone is 4. The Balaban J connectivity index is 2.04. The zero-order chi connectivity index (χ0) is 13.2. The molecule has 96 valence electrons. The van der Waals surface area contributed by atoms with Crippen molar-refractivity contribution in [1.82, 2.24) is 0 Å². The number of anilines is 1. The molecule has 2 unspecified atom stereocenters. The fourth-order valence-corrected chi connectivity index (χ4v) is 2.96. The van der Waals surface area contributed by atoms with Gasteiger partial charge in [0.1, 0.15) is 0 Å². The average molecular weight is 249 g/mol. The first-order valence-corrected chi connectivity index (χ1v) is 6.91. The highest BCUT2D eigenvalue weighted by Crippen LogP contribution is 2.45. The molecule has 0 radical (unpaired) electrons. The molecular formula is C18H19N. The molecule has 1 heteroatoms. The first kappa shape index (κ1) is 12.0. The van der Waals surface area contributed by atoms with Crippen molar-refractivity contribution >= 4 is 5.69 Å². The molecule has 1 heterocycles. The zero-order valence-electron chi connectivity index (χ0n) is 11.3. The number of benzene rings is 1. The van der Waals surface area contributed by atoms with Crippen LogP contribution in [-0.2, 0) is 0 Å². The molecule has 0 saturated carbocycles. The van der Waals surface area contributed by atoms with Crippen LogP contribution in [0.1, 0.15) is 24.8 Å². The number of hydrogen-bond acceptors (Lipinski definition) is 1. The van der Waals surface area contributed by atoms with Gasteiger partial charge in [-0.1, -0.05) is 62.1 Å². The number of para-hydroxylation sites is 1. The summed E-state index contributed by atoms with van der Waals surface area (Å²) in [6.45, 7) is 6.39. The fourth-order valence-electron chi connectivity index (χ4n) is 2.96. The summed E-state index contributed by atoms with van der Waals surface area (Å²) in [5.41, 5.74) is 3.76. The lowest BCUT2D eigenvalue weighted by molar-refractivity contribution is 0.730. The number of nitrogens with zero attached hydrogens (tertiary/aromatic N) is 1. The molecule has 3 rings (SSSR count). The highest BCUT2D eigenvalue weighted by Gasteiger charge is 2.36. The van der Waals surface area contributed by atoms with Gasteiger partial charge in [-0.15, -0.1) is 0 Å². The van der Waals surface area contributed by atoms with Gasteiger partial charge in [-0.2, -0.15) is 0 Å². The molecule has 1 aromatic carbocycles. The minimum atomic E-state index is 0.372. The molecule has 0 fully saturated rings. The Hall–Kier alpha value is -2.02. The summed E-state index contributed by atoms with van der Waals surface area (Å²) in [7, 11) is 0. The Bertz CT molecular complexity index is 577. The first-order valence-electron chi connectivity index (χ1n) is 6.91. The first-order chi connectivity index (χ1) is 9.33. The molecule has 0 saturated heterocycles. The highest BCUT2D eigenvalue weighted by atomic mass is 15.2. The van der Waals surface area contributed by atoms with Gasteiger partial charge in [-0.25, -0.2) is 0 Å². The van der Waals surface area contributed by atoms with Crippen molar-refractivity contribution in [2.24, 2.45) is 0 Å². The monoisotopic (exact) mass is 249 g/mol. The molecule has 2 atom stereocenters. The van der Waals surface area contributed by atoms with Crippen LogP contribution in [0.25, 0.3) is 0 Å². The van der Waals surface area contributed by atoms with Crippen molar-refractivity contribution in [3.63, 3.8) is 0 Å². The summed E-state index contributed by atoms with van der Waals surface area (Å²) in [4.78, 5) is 2.35. The van der Waals surface area contributed by atoms with Crippen LogP contribution in [0.5, 0.6) is 0 Å².